The molecule has 0 amide bonds. The molecule has 0 heterocycles. The van der Waals surface area contributed by atoms with Gasteiger partial charge in [0, 0.05) is 11.0 Å². The van der Waals surface area contributed by atoms with Gasteiger partial charge in [-0.3, -0.25) is 0 Å². The average molecular weight is 231 g/mol. The van der Waals surface area contributed by atoms with E-state index in [-0.39, 0.29) is 11.0 Å². The van der Waals surface area contributed by atoms with E-state index in [1.54, 1.807) is 6.92 Å². The number of rotatable bonds is 0. The summed E-state index contributed by atoms with van der Waals surface area (Å²) in [5, 5.41) is -0.538. The highest BCUT2D eigenvalue weighted by Gasteiger charge is 2.36. The van der Waals surface area contributed by atoms with Crippen molar-refractivity contribution < 1.29 is 13.2 Å². The average Bonchev–Trinajstić information content (AvgIpc) is 1.97. The third kappa shape index (κ3) is 2.41. The molecule has 0 aliphatic heterocycles. The minimum atomic E-state index is -4.37. The van der Waals surface area contributed by atoms with Gasteiger partial charge in [-0.1, -0.05) is 24.6 Å². The second-order valence-corrected chi connectivity index (χ2v) is 3.82. The van der Waals surface area contributed by atoms with Crippen LogP contribution in [0.1, 0.15) is 6.92 Å². The Kier molecular flexibility index (Phi) is 2.98. The normalized spacial score (nSPS) is 29.7. The Hall–Kier alpha value is -0.150. The van der Waals surface area contributed by atoms with Crippen molar-refractivity contribution in [2.45, 2.75) is 18.5 Å². The molecule has 0 spiro atoms. The van der Waals surface area contributed by atoms with Crippen molar-refractivity contribution in [3.63, 3.8) is 0 Å². The standard InChI is InChI=1S/C8H7Cl2F3/c1-4-6(9)2-5(3-7(4)10)8(11,12)13/h2-4,6H,1H3. The van der Waals surface area contributed by atoms with Gasteiger partial charge in [0.2, 0.25) is 0 Å². The van der Waals surface area contributed by atoms with E-state index < -0.39 is 17.1 Å². The molecule has 2 atom stereocenters. The van der Waals surface area contributed by atoms with Crippen LogP contribution in [0.5, 0.6) is 0 Å². The maximum atomic E-state index is 12.2. The smallest absolute Gasteiger partial charge is 0.166 e. The Morgan fingerprint density at radius 2 is 1.92 bits per heavy atom. The van der Waals surface area contributed by atoms with Gasteiger partial charge in [-0.2, -0.15) is 13.2 Å². The van der Waals surface area contributed by atoms with E-state index in [9.17, 15) is 13.2 Å². The molecule has 0 bridgehead atoms. The quantitative estimate of drug-likeness (QED) is 0.555. The van der Waals surface area contributed by atoms with Gasteiger partial charge in [0.1, 0.15) is 0 Å². The molecule has 2 unspecified atom stereocenters. The summed E-state index contributed by atoms with van der Waals surface area (Å²) in [5.74, 6) is -0.255. The van der Waals surface area contributed by atoms with Gasteiger partial charge in [0.25, 0.3) is 0 Å². The van der Waals surface area contributed by atoms with Crippen LogP contribution >= 0.6 is 23.2 Å². The second kappa shape index (κ2) is 3.54. The van der Waals surface area contributed by atoms with E-state index >= 15 is 0 Å². The first-order valence-corrected chi connectivity index (χ1v) is 4.44. The summed E-state index contributed by atoms with van der Waals surface area (Å²) in [7, 11) is 0. The van der Waals surface area contributed by atoms with Gasteiger partial charge in [-0.05, 0) is 6.08 Å². The number of allylic oxidation sites excluding steroid dienone is 4. The van der Waals surface area contributed by atoms with Crippen LogP contribution in [0.15, 0.2) is 22.8 Å². The molecule has 0 saturated heterocycles. The fraction of sp³-hybridized carbons (Fsp3) is 0.500. The van der Waals surface area contributed by atoms with E-state index in [0.29, 0.717) is 0 Å². The first-order chi connectivity index (χ1) is 5.82. The Morgan fingerprint density at radius 1 is 1.38 bits per heavy atom. The van der Waals surface area contributed by atoms with Crippen molar-refractivity contribution >= 4 is 23.2 Å². The molecule has 0 aromatic heterocycles. The van der Waals surface area contributed by atoms with Gasteiger partial charge >= 0.3 is 6.18 Å². The molecule has 13 heavy (non-hydrogen) atoms. The Labute approximate surface area is 84.0 Å². The lowest BCUT2D eigenvalue weighted by Gasteiger charge is -2.21. The maximum absolute atomic E-state index is 12.2. The van der Waals surface area contributed by atoms with Crippen molar-refractivity contribution in [2.24, 2.45) is 5.92 Å². The van der Waals surface area contributed by atoms with Crippen molar-refractivity contribution in [1.82, 2.24) is 0 Å². The zero-order valence-corrected chi connectivity index (χ0v) is 8.21. The summed E-state index contributed by atoms with van der Waals surface area (Å²) in [6.45, 7) is 1.68. The van der Waals surface area contributed by atoms with Crippen LogP contribution in [0.3, 0.4) is 0 Å². The molecule has 0 saturated carbocycles. The Morgan fingerprint density at radius 3 is 2.31 bits per heavy atom. The molecule has 0 aromatic carbocycles. The summed E-state index contributed by atoms with van der Waals surface area (Å²) in [6.07, 6.45) is -2.46. The molecule has 0 aromatic rings. The van der Waals surface area contributed by atoms with Crippen LogP contribution in [0.4, 0.5) is 13.2 Å². The zero-order chi connectivity index (χ0) is 10.2. The lowest BCUT2D eigenvalue weighted by atomic mass is 9.97. The lowest BCUT2D eigenvalue weighted by Crippen LogP contribution is -2.20. The zero-order valence-electron chi connectivity index (χ0n) is 6.70. The number of hydrogen-bond donors (Lipinski definition) is 0. The monoisotopic (exact) mass is 230 g/mol. The van der Waals surface area contributed by atoms with Gasteiger partial charge in [-0.15, -0.1) is 11.6 Å². The molecule has 0 fully saturated rings. The van der Waals surface area contributed by atoms with E-state index in [4.69, 9.17) is 23.2 Å². The van der Waals surface area contributed by atoms with Gasteiger partial charge < -0.3 is 0 Å². The summed E-state index contributed by atoms with van der Waals surface area (Å²) in [5.41, 5.74) is -0.768. The maximum Gasteiger partial charge on any atom is 0.416 e. The van der Waals surface area contributed by atoms with Crippen LogP contribution in [-0.2, 0) is 0 Å². The highest BCUT2D eigenvalue weighted by atomic mass is 35.5. The molecule has 74 valence electrons. The highest BCUT2D eigenvalue weighted by molar-refractivity contribution is 6.31. The molecule has 0 radical (unpaired) electrons. The summed E-state index contributed by atoms with van der Waals surface area (Å²) >= 11 is 11.3. The van der Waals surface area contributed by atoms with Gasteiger partial charge in [-0.25, -0.2) is 0 Å². The SMILES string of the molecule is CC1C(Cl)=CC(C(F)(F)F)=CC1Cl. The van der Waals surface area contributed by atoms with Crippen molar-refractivity contribution in [3.05, 3.63) is 22.8 Å². The van der Waals surface area contributed by atoms with E-state index in [1.807, 2.05) is 0 Å². The second-order valence-electron chi connectivity index (χ2n) is 2.88. The Balaban J connectivity index is 2.98. The molecule has 0 nitrogen and oxygen atoms in total. The van der Waals surface area contributed by atoms with Crippen LogP contribution in [-0.4, -0.2) is 11.6 Å². The first-order valence-electron chi connectivity index (χ1n) is 3.62. The van der Waals surface area contributed by atoms with Crippen LogP contribution in [0.2, 0.25) is 0 Å². The fourth-order valence-electron chi connectivity index (χ4n) is 0.972. The fourth-order valence-corrected chi connectivity index (χ4v) is 1.56. The largest absolute Gasteiger partial charge is 0.416 e. The molecule has 5 heteroatoms. The highest BCUT2D eigenvalue weighted by Crippen LogP contribution is 2.37. The molecule has 1 aliphatic rings. The number of hydrogen-bond acceptors (Lipinski definition) is 0. The first kappa shape index (κ1) is 10.9. The van der Waals surface area contributed by atoms with Crippen molar-refractivity contribution in [1.29, 1.82) is 0 Å². The molecular formula is C8H7Cl2F3. The summed E-state index contributed by atoms with van der Waals surface area (Å²) in [4.78, 5) is 0. The van der Waals surface area contributed by atoms with Gasteiger partial charge in [0.15, 0.2) is 0 Å². The molecule has 0 N–H and O–H groups in total. The predicted molar refractivity (Wildman–Crippen MR) is 46.9 cm³/mol. The van der Waals surface area contributed by atoms with Crippen LogP contribution in [0.25, 0.3) is 0 Å². The van der Waals surface area contributed by atoms with E-state index in [2.05, 4.69) is 0 Å². The third-order valence-electron chi connectivity index (χ3n) is 1.87. The number of alkyl halides is 4. The van der Waals surface area contributed by atoms with Crippen molar-refractivity contribution in [2.75, 3.05) is 0 Å². The van der Waals surface area contributed by atoms with Crippen LogP contribution in [0, 0.1) is 5.92 Å². The van der Waals surface area contributed by atoms with Gasteiger partial charge in [0.05, 0.1) is 11.0 Å². The minimum Gasteiger partial charge on any atom is -0.166 e. The predicted octanol–water partition coefficient (Wildman–Crippen LogP) is 3.85. The molecule has 1 aliphatic carbocycles. The minimum absolute atomic E-state index is 0.148. The molecular weight excluding hydrogens is 224 g/mol. The third-order valence-corrected chi connectivity index (χ3v) is 2.83. The van der Waals surface area contributed by atoms with E-state index in [1.165, 1.54) is 0 Å². The molecule has 1 rings (SSSR count). The van der Waals surface area contributed by atoms with E-state index in [0.717, 1.165) is 12.2 Å². The number of halogens is 5. The van der Waals surface area contributed by atoms with Crippen LogP contribution < -0.4 is 0 Å². The summed E-state index contributed by atoms with van der Waals surface area (Å²) < 4.78 is 36.6. The van der Waals surface area contributed by atoms with Crippen molar-refractivity contribution in [3.8, 4) is 0 Å². The lowest BCUT2D eigenvalue weighted by molar-refractivity contribution is -0.0887. The Bertz CT molecular complexity index is 265. The summed E-state index contributed by atoms with van der Waals surface area (Å²) in [6, 6.07) is 0. The topological polar surface area (TPSA) is 0 Å².